The molecule has 31 heavy (non-hydrogen) atoms. The van der Waals surface area contributed by atoms with Crippen LogP contribution in [0.3, 0.4) is 0 Å². The van der Waals surface area contributed by atoms with Crippen molar-refractivity contribution < 1.29 is 29.1 Å². The number of imide groups is 2. The second kappa shape index (κ2) is 7.26. The second-order valence-corrected chi connectivity index (χ2v) is 8.86. The van der Waals surface area contributed by atoms with E-state index in [9.17, 15) is 29.1 Å². The minimum absolute atomic E-state index is 0.0966. The molecule has 0 spiro atoms. The average molecular weight is 425 g/mol. The first-order chi connectivity index (χ1) is 14.8. The van der Waals surface area contributed by atoms with Crippen LogP contribution < -0.4 is 5.32 Å². The molecule has 2 fully saturated rings. The van der Waals surface area contributed by atoms with Gasteiger partial charge in [0.2, 0.25) is 11.8 Å². The summed E-state index contributed by atoms with van der Waals surface area (Å²) in [5, 5.41) is 11.4. The number of carboxylic acid groups (broad SMARTS) is 1. The summed E-state index contributed by atoms with van der Waals surface area (Å²) >= 11 is 0. The van der Waals surface area contributed by atoms with Crippen molar-refractivity contribution in [3.05, 3.63) is 34.4 Å². The van der Waals surface area contributed by atoms with Crippen molar-refractivity contribution in [2.24, 2.45) is 5.92 Å². The Morgan fingerprint density at radius 3 is 2.00 bits per heavy atom. The van der Waals surface area contributed by atoms with Crippen LogP contribution in [0.4, 0.5) is 0 Å². The first-order valence-corrected chi connectivity index (χ1v) is 10.7. The molecule has 4 aliphatic rings. The van der Waals surface area contributed by atoms with Gasteiger partial charge in [0.15, 0.2) is 0 Å². The Morgan fingerprint density at radius 2 is 1.48 bits per heavy atom. The number of aliphatic carboxylic acids is 1. The number of piperidine rings is 1. The topological polar surface area (TPSA) is 124 Å². The molecule has 9 nitrogen and oxygen atoms in total. The molecule has 162 valence electrons. The monoisotopic (exact) mass is 425 g/mol. The lowest BCUT2D eigenvalue weighted by atomic mass is 9.85. The fourth-order valence-corrected chi connectivity index (χ4v) is 5.34. The Labute approximate surface area is 178 Å². The zero-order valence-corrected chi connectivity index (χ0v) is 16.9. The summed E-state index contributed by atoms with van der Waals surface area (Å²) < 4.78 is 0. The maximum Gasteiger partial charge on any atom is 0.306 e. The third kappa shape index (κ3) is 3.23. The maximum atomic E-state index is 13.0. The van der Waals surface area contributed by atoms with E-state index >= 15 is 0 Å². The number of fused-ring (bicyclic) bond motifs is 2. The average Bonchev–Trinajstić information content (AvgIpc) is 3.26. The molecule has 2 N–H and O–H groups in total. The van der Waals surface area contributed by atoms with Gasteiger partial charge in [0.05, 0.1) is 17.0 Å². The highest BCUT2D eigenvalue weighted by atomic mass is 16.4. The quantitative estimate of drug-likeness (QED) is 0.694. The van der Waals surface area contributed by atoms with Crippen LogP contribution >= 0.6 is 0 Å². The van der Waals surface area contributed by atoms with Crippen LogP contribution in [-0.2, 0) is 27.5 Å². The summed E-state index contributed by atoms with van der Waals surface area (Å²) in [6.45, 7) is 1.32. The molecule has 1 aliphatic carbocycles. The number of nitrogens with zero attached hydrogens (tertiary/aromatic N) is 2. The Hall–Kier alpha value is -3.07. The van der Waals surface area contributed by atoms with Crippen molar-refractivity contribution in [3.63, 3.8) is 0 Å². The van der Waals surface area contributed by atoms with Crippen molar-refractivity contribution in [2.75, 3.05) is 0 Å². The van der Waals surface area contributed by atoms with E-state index in [1.807, 2.05) is 0 Å². The molecule has 1 aromatic carbocycles. The van der Waals surface area contributed by atoms with Crippen molar-refractivity contribution in [2.45, 2.75) is 63.7 Å². The highest BCUT2D eigenvalue weighted by Crippen LogP contribution is 2.36. The standard InChI is InChI=1S/C22H23N3O6/c26-18-6-5-17(19(27)23-18)25-20(28)15-7-12-9-24(10-13(12)8-16(15)21(25)29)14-3-1-11(2-4-14)22(30)31/h7-8,11,14,17H,1-6,9-10H2,(H,30,31)(H,23,26,27). The number of benzene rings is 1. The maximum absolute atomic E-state index is 13.0. The molecule has 0 radical (unpaired) electrons. The Balaban J connectivity index is 1.33. The van der Waals surface area contributed by atoms with Gasteiger partial charge in [0.25, 0.3) is 11.8 Å². The Kier molecular flexibility index (Phi) is 4.65. The summed E-state index contributed by atoms with van der Waals surface area (Å²) in [5.41, 5.74) is 2.60. The van der Waals surface area contributed by atoms with Crippen LogP contribution in [0.2, 0.25) is 0 Å². The molecule has 1 atom stereocenters. The first-order valence-electron chi connectivity index (χ1n) is 10.7. The molecule has 9 heteroatoms. The summed E-state index contributed by atoms with van der Waals surface area (Å²) in [4.78, 5) is 64.1. The number of carboxylic acids is 1. The molecule has 4 amide bonds. The van der Waals surface area contributed by atoms with Crippen molar-refractivity contribution in [1.82, 2.24) is 15.1 Å². The van der Waals surface area contributed by atoms with Crippen LogP contribution in [0.25, 0.3) is 0 Å². The molecular weight excluding hydrogens is 402 g/mol. The Bertz CT molecular complexity index is 981. The summed E-state index contributed by atoms with van der Waals surface area (Å²) in [6, 6.07) is 2.87. The number of hydrogen-bond acceptors (Lipinski definition) is 6. The fraction of sp³-hybridized carbons (Fsp3) is 0.500. The fourth-order valence-electron chi connectivity index (χ4n) is 5.34. The van der Waals surface area contributed by atoms with Crippen LogP contribution in [0.5, 0.6) is 0 Å². The van der Waals surface area contributed by atoms with Gasteiger partial charge in [-0.2, -0.15) is 0 Å². The molecule has 0 aromatic heterocycles. The number of carbonyl (C=O) groups is 5. The molecule has 5 rings (SSSR count). The van der Waals surface area contributed by atoms with E-state index in [0.29, 0.717) is 43.1 Å². The third-order valence-corrected chi connectivity index (χ3v) is 7.07. The van der Waals surface area contributed by atoms with E-state index in [1.54, 1.807) is 12.1 Å². The molecule has 1 unspecified atom stereocenters. The van der Waals surface area contributed by atoms with Gasteiger partial charge in [0, 0.05) is 25.6 Å². The van der Waals surface area contributed by atoms with E-state index in [-0.39, 0.29) is 18.8 Å². The molecule has 1 aromatic rings. The molecule has 0 bridgehead atoms. The van der Waals surface area contributed by atoms with E-state index in [1.165, 1.54) is 0 Å². The molecule has 3 heterocycles. The zero-order valence-electron chi connectivity index (χ0n) is 16.9. The zero-order chi connectivity index (χ0) is 21.9. The summed E-state index contributed by atoms with van der Waals surface area (Å²) in [7, 11) is 0. The van der Waals surface area contributed by atoms with Crippen molar-refractivity contribution in [1.29, 1.82) is 0 Å². The molecule has 1 saturated heterocycles. The number of nitrogens with one attached hydrogen (secondary N) is 1. The van der Waals surface area contributed by atoms with E-state index in [2.05, 4.69) is 10.2 Å². The number of hydrogen-bond donors (Lipinski definition) is 2. The third-order valence-electron chi connectivity index (χ3n) is 7.07. The van der Waals surface area contributed by atoms with E-state index in [4.69, 9.17) is 0 Å². The van der Waals surface area contributed by atoms with Crippen LogP contribution in [-0.4, -0.2) is 56.6 Å². The normalized spacial score (nSPS) is 28.5. The Morgan fingerprint density at radius 1 is 0.903 bits per heavy atom. The summed E-state index contributed by atoms with van der Waals surface area (Å²) in [6.07, 6.45) is 3.22. The van der Waals surface area contributed by atoms with Crippen LogP contribution in [0, 0.1) is 5.92 Å². The number of carbonyl (C=O) groups excluding carboxylic acids is 4. The number of amides is 4. The van der Waals surface area contributed by atoms with Gasteiger partial charge < -0.3 is 5.11 Å². The number of rotatable bonds is 3. The van der Waals surface area contributed by atoms with Crippen LogP contribution in [0.15, 0.2) is 12.1 Å². The highest BCUT2D eigenvalue weighted by Gasteiger charge is 2.45. The predicted octanol–water partition coefficient (Wildman–Crippen LogP) is 1.05. The van der Waals surface area contributed by atoms with Gasteiger partial charge in [-0.15, -0.1) is 0 Å². The molecule has 1 saturated carbocycles. The molecular formula is C22H23N3O6. The van der Waals surface area contributed by atoms with Gasteiger partial charge in [-0.3, -0.25) is 39.1 Å². The largest absolute Gasteiger partial charge is 0.481 e. The second-order valence-electron chi connectivity index (χ2n) is 8.86. The van der Waals surface area contributed by atoms with E-state index in [0.717, 1.165) is 28.9 Å². The van der Waals surface area contributed by atoms with Gasteiger partial charge >= 0.3 is 5.97 Å². The SMILES string of the molecule is O=C1CCC(N2C(=O)c3cc4c(cc3C2=O)CN(C2CCC(C(=O)O)CC2)C4)C(=O)N1. The lowest BCUT2D eigenvalue weighted by Crippen LogP contribution is -2.54. The lowest BCUT2D eigenvalue weighted by molar-refractivity contribution is -0.143. The predicted molar refractivity (Wildman–Crippen MR) is 106 cm³/mol. The first kappa shape index (κ1) is 19.9. The lowest BCUT2D eigenvalue weighted by Gasteiger charge is -2.33. The minimum Gasteiger partial charge on any atom is -0.481 e. The van der Waals surface area contributed by atoms with Crippen molar-refractivity contribution >= 4 is 29.6 Å². The van der Waals surface area contributed by atoms with Gasteiger partial charge in [0.1, 0.15) is 6.04 Å². The van der Waals surface area contributed by atoms with Gasteiger partial charge in [-0.1, -0.05) is 0 Å². The van der Waals surface area contributed by atoms with Crippen LogP contribution in [0.1, 0.15) is 70.4 Å². The molecule has 3 aliphatic heterocycles. The highest BCUT2D eigenvalue weighted by molar-refractivity contribution is 6.23. The van der Waals surface area contributed by atoms with Crippen molar-refractivity contribution in [3.8, 4) is 0 Å². The smallest absolute Gasteiger partial charge is 0.306 e. The minimum atomic E-state index is -0.958. The van der Waals surface area contributed by atoms with E-state index < -0.39 is 35.6 Å². The summed E-state index contributed by atoms with van der Waals surface area (Å²) in [5.74, 6) is -2.97. The van der Waals surface area contributed by atoms with Gasteiger partial charge in [-0.05, 0) is 55.4 Å². The van der Waals surface area contributed by atoms with Gasteiger partial charge in [-0.25, -0.2) is 0 Å².